The summed E-state index contributed by atoms with van der Waals surface area (Å²) in [7, 11) is 0. The van der Waals surface area contributed by atoms with E-state index in [1.165, 1.54) is 10.6 Å². The first-order valence-electron chi connectivity index (χ1n) is 9.57. The van der Waals surface area contributed by atoms with Crippen molar-refractivity contribution in [3.63, 3.8) is 0 Å². The highest BCUT2D eigenvalue weighted by atomic mass is 16.5. The zero-order chi connectivity index (χ0) is 21.5. The lowest BCUT2D eigenvalue weighted by molar-refractivity contribution is -0.135. The van der Waals surface area contributed by atoms with Gasteiger partial charge in [0.15, 0.2) is 5.58 Å². The Balaban J connectivity index is 1.46. The van der Waals surface area contributed by atoms with E-state index in [2.05, 4.69) is 15.5 Å². The van der Waals surface area contributed by atoms with Gasteiger partial charge >= 0.3 is 5.76 Å². The first-order chi connectivity index (χ1) is 15.0. The summed E-state index contributed by atoms with van der Waals surface area (Å²) in [6.45, 7) is 0. The zero-order valence-electron chi connectivity index (χ0n) is 16.1. The molecule has 2 aromatic carbocycles. The van der Waals surface area contributed by atoms with Crippen LogP contribution >= 0.6 is 0 Å². The standard InChI is InChI=1S/C21H16N4O6/c26-13-3-1-2-12(10-13)19-23-18(31-24-19)9-11-4-6-16-15(8-11)25(21(29)30-16)14-5-7-17(27)22-20(14)28/h1-4,6,8,10,14,26H,5,7,9H2,(H,22,27,28). The number of aromatic nitrogens is 3. The fraction of sp³-hybridized carbons (Fsp3) is 0.190. The van der Waals surface area contributed by atoms with Crippen LogP contribution in [0.2, 0.25) is 0 Å². The number of nitrogens with one attached hydrogen (secondary N) is 1. The number of phenols is 1. The van der Waals surface area contributed by atoms with Crippen molar-refractivity contribution in [2.75, 3.05) is 0 Å². The van der Waals surface area contributed by atoms with Crippen LogP contribution in [0.5, 0.6) is 5.75 Å². The first-order valence-corrected chi connectivity index (χ1v) is 9.57. The first kappa shape index (κ1) is 18.8. The number of phenolic OH excluding ortho intramolecular Hbond substituents is 1. The summed E-state index contributed by atoms with van der Waals surface area (Å²) in [5.41, 5.74) is 2.17. The normalized spacial score (nSPS) is 16.6. The van der Waals surface area contributed by atoms with Crippen LogP contribution in [-0.2, 0) is 16.0 Å². The van der Waals surface area contributed by atoms with Gasteiger partial charge in [-0.25, -0.2) is 4.79 Å². The molecule has 31 heavy (non-hydrogen) atoms. The number of carbonyl (C=O) groups excluding carboxylic acids is 2. The fourth-order valence-electron chi connectivity index (χ4n) is 3.68. The van der Waals surface area contributed by atoms with Crippen LogP contribution < -0.4 is 11.1 Å². The number of benzene rings is 2. The average Bonchev–Trinajstić information content (AvgIpc) is 3.32. The number of fused-ring (bicyclic) bond motifs is 1. The molecule has 1 unspecified atom stereocenters. The second-order valence-corrected chi connectivity index (χ2v) is 7.25. The van der Waals surface area contributed by atoms with Crippen molar-refractivity contribution < 1.29 is 23.6 Å². The summed E-state index contributed by atoms with van der Waals surface area (Å²) in [4.78, 5) is 40.4. The number of nitrogens with zero attached hydrogens (tertiary/aromatic N) is 3. The largest absolute Gasteiger partial charge is 0.508 e. The number of carbonyl (C=O) groups is 2. The second kappa shape index (κ2) is 7.24. The summed E-state index contributed by atoms with van der Waals surface area (Å²) in [6.07, 6.45) is 0.659. The second-order valence-electron chi connectivity index (χ2n) is 7.25. The molecule has 2 aromatic heterocycles. The van der Waals surface area contributed by atoms with Crippen molar-refractivity contribution in [2.45, 2.75) is 25.3 Å². The van der Waals surface area contributed by atoms with Gasteiger partial charge in [0.2, 0.25) is 23.5 Å². The Labute approximate surface area is 174 Å². The predicted octanol–water partition coefficient (Wildman–Crippen LogP) is 1.92. The molecule has 0 spiro atoms. The molecule has 10 heteroatoms. The number of hydrogen-bond donors (Lipinski definition) is 2. The van der Waals surface area contributed by atoms with Gasteiger partial charge in [-0.2, -0.15) is 4.98 Å². The maximum absolute atomic E-state index is 12.4. The third kappa shape index (κ3) is 3.48. The molecule has 1 saturated heterocycles. The molecule has 1 fully saturated rings. The van der Waals surface area contributed by atoms with Gasteiger partial charge in [0.05, 0.1) is 11.9 Å². The lowest BCUT2D eigenvalue weighted by Crippen LogP contribution is -2.43. The maximum atomic E-state index is 12.4. The molecule has 1 aliphatic rings. The van der Waals surface area contributed by atoms with Crippen molar-refractivity contribution in [2.24, 2.45) is 0 Å². The van der Waals surface area contributed by atoms with Crippen molar-refractivity contribution in [1.29, 1.82) is 0 Å². The number of hydrogen-bond acceptors (Lipinski definition) is 8. The molecular weight excluding hydrogens is 404 g/mol. The molecule has 5 rings (SSSR count). The minimum absolute atomic E-state index is 0.0979. The lowest BCUT2D eigenvalue weighted by Gasteiger charge is -2.21. The van der Waals surface area contributed by atoms with Gasteiger partial charge < -0.3 is 14.0 Å². The summed E-state index contributed by atoms with van der Waals surface area (Å²) in [5.74, 6) is -0.765. The molecule has 2 amide bonds. The van der Waals surface area contributed by atoms with Gasteiger partial charge in [-0.3, -0.25) is 19.5 Å². The minimum atomic E-state index is -0.817. The zero-order valence-corrected chi connectivity index (χ0v) is 16.1. The van der Waals surface area contributed by atoms with E-state index in [4.69, 9.17) is 8.94 Å². The molecule has 0 radical (unpaired) electrons. The van der Waals surface area contributed by atoms with Gasteiger partial charge in [-0.15, -0.1) is 0 Å². The molecule has 1 atom stereocenters. The number of rotatable bonds is 4. The van der Waals surface area contributed by atoms with Gasteiger partial charge in [0, 0.05) is 12.0 Å². The van der Waals surface area contributed by atoms with Crippen LogP contribution in [0.4, 0.5) is 0 Å². The van der Waals surface area contributed by atoms with Crippen LogP contribution in [-0.4, -0.2) is 31.6 Å². The molecule has 10 nitrogen and oxygen atoms in total. The van der Waals surface area contributed by atoms with E-state index in [1.807, 2.05) is 0 Å². The number of aromatic hydroxyl groups is 1. The van der Waals surface area contributed by atoms with Crippen molar-refractivity contribution in [3.05, 3.63) is 64.5 Å². The van der Waals surface area contributed by atoms with Crippen molar-refractivity contribution >= 4 is 22.9 Å². The van der Waals surface area contributed by atoms with Crippen LogP contribution in [0.25, 0.3) is 22.5 Å². The van der Waals surface area contributed by atoms with E-state index < -0.39 is 17.7 Å². The highest BCUT2D eigenvalue weighted by Crippen LogP contribution is 2.25. The van der Waals surface area contributed by atoms with E-state index in [9.17, 15) is 19.5 Å². The monoisotopic (exact) mass is 420 g/mol. The summed E-state index contributed by atoms with van der Waals surface area (Å²) in [6, 6.07) is 10.8. The third-order valence-electron chi connectivity index (χ3n) is 5.13. The minimum Gasteiger partial charge on any atom is -0.508 e. The van der Waals surface area contributed by atoms with E-state index in [1.54, 1.807) is 36.4 Å². The SMILES string of the molecule is O=C1CCC(n2c(=O)oc3ccc(Cc4nc(-c5cccc(O)c5)no4)cc32)C(=O)N1. The molecule has 2 N–H and O–H groups in total. The van der Waals surface area contributed by atoms with Crippen LogP contribution in [0.15, 0.2) is 56.2 Å². The Morgan fingerprint density at radius 1 is 1.16 bits per heavy atom. The number of imide groups is 1. The maximum Gasteiger partial charge on any atom is 0.420 e. The van der Waals surface area contributed by atoms with E-state index in [-0.39, 0.29) is 30.9 Å². The Hall–Kier alpha value is -4.21. The Morgan fingerprint density at radius 3 is 2.84 bits per heavy atom. The van der Waals surface area contributed by atoms with Crippen LogP contribution in [0.3, 0.4) is 0 Å². The van der Waals surface area contributed by atoms with Gasteiger partial charge in [0.1, 0.15) is 11.8 Å². The van der Waals surface area contributed by atoms with Gasteiger partial charge in [-0.05, 0) is 36.2 Å². The molecule has 0 saturated carbocycles. The van der Waals surface area contributed by atoms with Crippen LogP contribution in [0.1, 0.15) is 30.3 Å². The summed E-state index contributed by atoms with van der Waals surface area (Å²) < 4.78 is 11.9. The summed E-state index contributed by atoms with van der Waals surface area (Å²) >= 11 is 0. The predicted molar refractivity (Wildman–Crippen MR) is 106 cm³/mol. The van der Waals surface area contributed by atoms with Crippen molar-refractivity contribution in [3.8, 4) is 17.1 Å². The Bertz CT molecular complexity index is 1380. The number of oxazole rings is 1. The average molecular weight is 420 g/mol. The number of piperidine rings is 1. The molecule has 1 aliphatic heterocycles. The number of amides is 2. The topological polar surface area (TPSA) is 140 Å². The molecule has 156 valence electrons. The third-order valence-corrected chi connectivity index (χ3v) is 5.13. The lowest BCUT2D eigenvalue weighted by atomic mass is 10.1. The van der Waals surface area contributed by atoms with E-state index in [0.29, 0.717) is 28.4 Å². The molecule has 4 aromatic rings. The van der Waals surface area contributed by atoms with E-state index in [0.717, 1.165) is 5.56 Å². The summed E-state index contributed by atoms with van der Waals surface area (Å²) in [5, 5.41) is 15.8. The van der Waals surface area contributed by atoms with E-state index >= 15 is 0 Å². The molecule has 3 heterocycles. The highest BCUT2D eigenvalue weighted by molar-refractivity contribution is 6.00. The molecule has 0 aliphatic carbocycles. The fourth-order valence-corrected chi connectivity index (χ4v) is 3.68. The van der Waals surface area contributed by atoms with Gasteiger partial charge in [0.25, 0.3) is 0 Å². The smallest absolute Gasteiger partial charge is 0.420 e. The molecular formula is C21H16N4O6. The van der Waals surface area contributed by atoms with Crippen molar-refractivity contribution in [1.82, 2.24) is 20.0 Å². The Kier molecular flexibility index (Phi) is 4.39. The quantitative estimate of drug-likeness (QED) is 0.477. The highest BCUT2D eigenvalue weighted by Gasteiger charge is 2.31. The van der Waals surface area contributed by atoms with Gasteiger partial charge in [-0.1, -0.05) is 23.4 Å². The van der Waals surface area contributed by atoms with Crippen LogP contribution in [0, 0.1) is 0 Å². The Morgan fingerprint density at radius 2 is 2.03 bits per heavy atom. The molecule has 0 bridgehead atoms.